The Hall–Kier alpha value is -2.47. The molecule has 1 N–H and O–H groups in total. The predicted molar refractivity (Wildman–Crippen MR) is 97.9 cm³/mol. The van der Waals surface area contributed by atoms with Gasteiger partial charge in [0.2, 0.25) is 5.91 Å². The van der Waals surface area contributed by atoms with Crippen LogP contribution in [0.2, 0.25) is 0 Å². The Morgan fingerprint density at radius 2 is 1.88 bits per heavy atom. The topological polar surface area (TPSA) is 72.5 Å². The Morgan fingerprint density at radius 1 is 1.12 bits per heavy atom. The molecular formula is C19H21NO4S. The molecule has 0 radical (unpaired) electrons. The molecule has 5 nitrogen and oxygen atoms in total. The first-order valence-corrected chi connectivity index (χ1v) is 9.07. The molecule has 1 aromatic carbocycles. The van der Waals surface area contributed by atoms with Crippen LogP contribution in [0.5, 0.6) is 0 Å². The van der Waals surface area contributed by atoms with Crippen molar-refractivity contribution < 1.29 is 19.1 Å². The van der Waals surface area contributed by atoms with Crippen LogP contribution in [-0.2, 0) is 20.7 Å². The highest BCUT2D eigenvalue weighted by Gasteiger charge is 2.10. The van der Waals surface area contributed by atoms with Crippen LogP contribution in [0.1, 0.15) is 41.4 Å². The lowest BCUT2D eigenvalue weighted by Crippen LogP contribution is -2.14. The third-order valence-corrected chi connectivity index (χ3v) is 4.50. The summed E-state index contributed by atoms with van der Waals surface area (Å²) in [6, 6.07) is 10.5. The van der Waals surface area contributed by atoms with E-state index < -0.39 is 0 Å². The number of esters is 1. The predicted octanol–water partition coefficient (Wildman–Crippen LogP) is 3.85. The average Bonchev–Trinajstić information content (AvgIpc) is 3.13. The first kappa shape index (κ1) is 18.9. The molecule has 0 bridgehead atoms. The molecule has 1 heterocycles. The number of rotatable bonds is 9. The standard InChI is InChI=1S/C19H21NO4S/c1-2-18(22)20-15-10-8-14(9-11-15)17(21)13-24-19(23)7-3-5-16-6-4-12-25-16/h4,6,8-12H,2-3,5,7,13H2,1H3,(H,20,22). The van der Waals surface area contributed by atoms with Crippen molar-refractivity contribution in [2.45, 2.75) is 32.6 Å². The zero-order valence-electron chi connectivity index (χ0n) is 14.1. The van der Waals surface area contributed by atoms with Gasteiger partial charge in [-0.2, -0.15) is 0 Å². The minimum atomic E-state index is -0.364. The smallest absolute Gasteiger partial charge is 0.306 e. The van der Waals surface area contributed by atoms with Crippen LogP contribution < -0.4 is 5.32 Å². The van der Waals surface area contributed by atoms with Gasteiger partial charge in [-0.25, -0.2) is 0 Å². The van der Waals surface area contributed by atoms with Crippen molar-refractivity contribution in [3.05, 3.63) is 52.2 Å². The highest BCUT2D eigenvalue weighted by atomic mass is 32.1. The van der Waals surface area contributed by atoms with Gasteiger partial charge in [0.15, 0.2) is 12.4 Å². The molecule has 25 heavy (non-hydrogen) atoms. The van der Waals surface area contributed by atoms with Gasteiger partial charge in [0.05, 0.1) is 0 Å². The van der Waals surface area contributed by atoms with E-state index in [1.165, 1.54) is 4.88 Å². The summed E-state index contributed by atoms with van der Waals surface area (Å²) in [6.45, 7) is 1.50. The fourth-order valence-corrected chi connectivity index (χ4v) is 2.90. The van der Waals surface area contributed by atoms with Gasteiger partial charge in [0.1, 0.15) is 0 Å². The molecule has 0 saturated heterocycles. The summed E-state index contributed by atoms with van der Waals surface area (Å²) in [6.07, 6.45) is 2.24. The van der Waals surface area contributed by atoms with Crippen molar-refractivity contribution in [2.24, 2.45) is 0 Å². The number of ketones is 1. The third kappa shape index (κ3) is 6.51. The van der Waals surface area contributed by atoms with Crippen LogP contribution in [0.15, 0.2) is 41.8 Å². The molecule has 0 unspecified atom stereocenters. The van der Waals surface area contributed by atoms with E-state index in [0.717, 1.165) is 6.42 Å². The van der Waals surface area contributed by atoms with Crippen LogP contribution in [0.3, 0.4) is 0 Å². The minimum Gasteiger partial charge on any atom is -0.457 e. The Kier molecular flexibility index (Phi) is 7.35. The summed E-state index contributed by atoms with van der Waals surface area (Å²) in [7, 11) is 0. The van der Waals surface area contributed by atoms with Gasteiger partial charge in [-0.15, -0.1) is 11.3 Å². The van der Waals surface area contributed by atoms with Crippen LogP contribution >= 0.6 is 11.3 Å². The Morgan fingerprint density at radius 3 is 2.52 bits per heavy atom. The molecule has 0 fully saturated rings. The normalized spacial score (nSPS) is 10.3. The van der Waals surface area contributed by atoms with Crippen molar-refractivity contribution in [3.63, 3.8) is 0 Å². The van der Waals surface area contributed by atoms with E-state index in [9.17, 15) is 14.4 Å². The Labute approximate surface area is 151 Å². The number of thiophene rings is 1. The lowest BCUT2D eigenvalue weighted by Gasteiger charge is -2.06. The molecule has 1 aromatic heterocycles. The number of carbonyl (C=O) groups excluding carboxylic acids is 3. The van der Waals surface area contributed by atoms with Crippen LogP contribution in [-0.4, -0.2) is 24.3 Å². The van der Waals surface area contributed by atoms with E-state index in [1.54, 1.807) is 42.5 Å². The molecule has 132 valence electrons. The quantitative estimate of drug-likeness (QED) is 0.545. The summed E-state index contributed by atoms with van der Waals surface area (Å²) in [5.41, 5.74) is 1.08. The molecule has 2 aromatic rings. The van der Waals surface area contributed by atoms with Gasteiger partial charge in [0.25, 0.3) is 0 Å². The number of nitrogens with one attached hydrogen (secondary N) is 1. The van der Waals surface area contributed by atoms with E-state index >= 15 is 0 Å². The zero-order chi connectivity index (χ0) is 18.1. The molecule has 0 spiro atoms. The minimum absolute atomic E-state index is 0.0874. The van der Waals surface area contributed by atoms with E-state index in [1.807, 2.05) is 17.5 Å². The highest BCUT2D eigenvalue weighted by Crippen LogP contribution is 2.13. The summed E-state index contributed by atoms with van der Waals surface area (Å²) >= 11 is 1.66. The molecule has 0 saturated carbocycles. The average molecular weight is 359 g/mol. The fourth-order valence-electron chi connectivity index (χ4n) is 2.15. The number of carbonyl (C=O) groups is 3. The lowest BCUT2D eigenvalue weighted by atomic mass is 10.1. The highest BCUT2D eigenvalue weighted by molar-refractivity contribution is 7.09. The Balaban J connectivity index is 1.71. The summed E-state index contributed by atoms with van der Waals surface area (Å²) < 4.78 is 5.04. The first-order chi connectivity index (χ1) is 12.1. The van der Waals surface area contributed by atoms with Gasteiger partial charge >= 0.3 is 5.97 Å². The van der Waals surface area contributed by atoms with Crippen molar-refractivity contribution in [1.29, 1.82) is 0 Å². The number of ether oxygens (including phenoxy) is 1. The monoisotopic (exact) mass is 359 g/mol. The maximum absolute atomic E-state index is 12.0. The molecule has 2 rings (SSSR count). The van der Waals surface area contributed by atoms with Crippen molar-refractivity contribution >= 4 is 34.7 Å². The largest absolute Gasteiger partial charge is 0.457 e. The van der Waals surface area contributed by atoms with Crippen molar-refractivity contribution in [1.82, 2.24) is 0 Å². The van der Waals surface area contributed by atoms with Gasteiger partial charge < -0.3 is 10.1 Å². The summed E-state index contributed by atoms with van der Waals surface area (Å²) in [4.78, 5) is 36.3. The van der Waals surface area contributed by atoms with Crippen LogP contribution in [0, 0.1) is 0 Å². The van der Waals surface area contributed by atoms with E-state index in [0.29, 0.717) is 30.5 Å². The van der Waals surface area contributed by atoms with Gasteiger partial charge in [-0.3, -0.25) is 14.4 Å². The molecule has 0 aliphatic heterocycles. The second-order valence-corrected chi connectivity index (χ2v) is 6.53. The van der Waals surface area contributed by atoms with E-state index in [4.69, 9.17) is 4.74 Å². The molecule has 1 amide bonds. The number of hydrogen-bond donors (Lipinski definition) is 1. The SMILES string of the molecule is CCC(=O)Nc1ccc(C(=O)COC(=O)CCCc2cccs2)cc1. The van der Waals surface area contributed by atoms with Crippen LogP contribution in [0.25, 0.3) is 0 Å². The van der Waals surface area contributed by atoms with Crippen molar-refractivity contribution in [3.8, 4) is 0 Å². The second-order valence-electron chi connectivity index (χ2n) is 5.50. The first-order valence-electron chi connectivity index (χ1n) is 8.19. The van der Waals surface area contributed by atoms with Gasteiger partial charge in [0, 0.05) is 29.0 Å². The number of hydrogen-bond acceptors (Lipinski definition) is 5. The van der Waals surface area contributed by atoms with E-state index in [2.05, 4.69) is 5.32 Å². The molecular weight excluding hydrogens is 338 g/mol. The number of benzene rings is 1. The molecule has 0 atom stereocenters. The number of aryl methyl sites for hydroxylation is 1. The van der Waals surface area contributed by atoms with E-state index in [-0.39, 0.29) is 24.3 Å². The fraction of sp³-hybridized carbons (Fsp3) is 0.316. The third-order valence-electron chi connectivity index (χ3n) is 3.56. The van der Waals surface area contributed by atoms with Crippen molar-refractivity contribution in [2.75, 3.05) is 11.9 Å². The second kappa shape index (κ2) is 9.74. The number of amides is 1. The lowest BCUT2D eigenvalue weighted by molar-refractivity contribution is -0.142. The number of Topliss-reactive ketones (excluding diaryl/α,β-unsaturated/α-hetero) is 1. The maximum atomic E-state index is 12.0. The summed E-state index contributed by atoms with van der Waals surface area (Å²) in [5.74, 6) is -0.715. The zero-order valence-corrected chi connectivity index (χ0v) is 14.9. The van der Waals surface area contributed by atoms with Gasteiger partial charge in [-0.1, -0.05) is 13.0 Å². The maximum Gasteiger partial charge on any atom is 0.306 e. The molecule has 0 aliphatic carbocycles. The Bertz CT molecular complexity index is 708. The molecule has 0 aliphatic rings. The number of anilines is 1. The van der Waals surface area contributed by atoms with Gasteiger partial charge in [-0.05, 0) is 48.6 Å². The summed E-state index contributed by atoms with van der Waals surface area (Å²) in [5, 5.41) is 4.71. The molecule has 6 heteroatoms. The van der Waals surface area contributed by atoms with Crippen LogP contribution in [0.4, 0.5) is 5.69 Å².